The molecule has 2 rings (SSSR count). The number of fused-ring (bicyclic) bond motifs is 1. The van der Waals surface area contributed by atoms with Crippen molar-refractivity contribution in [1.29, 1.82) is 0 Å². The molecule has 0 spiro atoms. The fourth-order valence-electron chi connectivity index (χ4n) is 2.26. The maximum absolute atomic E-state index is 10.2. The van der Waals surface area contributed by atoms with Crippen molar-refractivity contribution < 1.29 is 14.6 Å². The molecule has 0 radical (unpaired) electrons. The van der Waals surface area contributed by atoms with Crippen molar-refractivity contribution in [2.45, 2.75) is 19.4 Å². The minimum Gasteiger partial charge on any atom is -0.504 e. The highest BCUT2D eigenvalue weighted by Crippen LogP contribution is 2.44. The molecule has 0 unspecified atom stereocenters. The van der Waals surface area contributed by atoms with E-state index in [1.54, 1.807) is 7.11 Å². The van der Waals surface area contributed by atoms with Gasteiger partial charge in [-0.3, -0.25) is 0 Å². The third-order valence-electron chi connectivity index (χ3n) is 3.05. The monoisotopic (exact) mass is 223 g/mol. The van der Waals surface area contributed by atoms with Gasteiger partial charge in [-0.1, -0.05) is 0 Å². The van der Waals surface area contributed by atoms with E-state index in [9.17, 15) is 5.11 Å². The zero-order valence-corrected chi connectivity index (χ0v) is 9.83. The molecule has 0 fully saturated rings. The maximum Gasteiger partial charge on any atom is 0.203 e. The van der Waals surface area contributed by atoms with Crippen LogP contribution in [0.3, 0.4) is 0 Å². The summed E-state index contributed by atoms with van der Waals surface area (Å²) in [5, 5.41) is 13.5. The van der Waals surface area contributed by atoms with Crippen LogP contribution in [0.2, 0.25) is 0 Å². The van der Waals surface area contributed by atoms with E-state index in [0.717, 1.165) is 24.1 Å². The van der Waals surface area contributed by atoms with E-state index in [1.807, 2.05) is 13.0 Å². The van der Waals surface area contributed by atoms with Gasteiger partial charge in [0.2, 0.25) is 5.75 Å². The van der Waals surface area contributed by atoms with Crippen LogP contribution in [0, 0.1) is 0 Å². The van der Waals surface area contributed by atoms with Gasteiger partial charge in [-0.15, -0.1) is 0 Å². The lowest BCUT2D eigenvalue weighted by atomic mass is 9.93. The summed E-state index contributed by atoms with van der Waals surface area (Å²) in [6.07, 6.45) is 0.896. The molecule has 4 heteroatoms. The van der Waals surface area contributed by atoms with Gasteiger partial charge in [0.05, 0.1) is 14.2 Å². The third kappa shape index (κ3) is 1.59. The molecule has 88 valence electrons. The van der Waals surface area contributed by atoms with Gasteiger partial charge in [0, 0.05) is 11.6 Å². The van der Waals surface area contributed by atoms with Crippen LogP contribution in [0.5, 0.6) is 17.2 Å². The molecule has 0 bridgehead atoms. The van der Waals surface area contributed by atoms with E-state index in [4.69, 9.17) is 9.47 Å². The van der Waals surface area contributed by atoms with E-state index in [-0.39, 0.29) is 11.8 Å². The van der Waals surface area contributed by atoms with Crippen molar-refractivity contribution in [2.75, 3.05) is 20.8 Å². The smallest absolute Gasteiger partial charge is 0.203 e. The summed E-state index contributed by atoms with van der Waals surface area (Å²) >= 11 is 0. The molecule has 0 aromatic heterocycles. The molecule has 1 atom stereocenters. The van der Waals surface area contributed by atoms with Gasteiger partial charge >= 0.3 is 0 Å². The third-order valence-corrected chi connectivity index (χ3v) is 3.05. The van der Waals surface area contributed by atoms with Crippen LogP contribution < -0.4 is 14.8 Å². The number of phenolic OH excluding ortho intramolecular Hbond substituents is 1. The van der Waals surface area contributed by atoms with Crippen molar-refractivity contribution in [3.05, 3.63) is 17.2 Å². The Hall–Kier alpha value is -1.42. The molecular formula is C12H17NO3. The van der Waals surface area contributed by atoms with Crippen molar-refractivity contribution in [3.8, 4) is 17.2 Å². The predicted octanol–water partition coefficient (Wildman–Crippen LogP) is 1.62. The van der Waals surface area contributed by atoms with E-state index in [1.165, 1.54) is 7.11 Å². The number of hydrogen-bond acceptors (Lipinski definition) is 4. The lowest BCUT2D eigenvalue weighted by Gasteiger charge is -2.26. The number of aromatic hydroxyl groups is 1. The van der Waals surface area contributed by atoms with E-state index in [2.05, 4.69) is 5.32 Å². The van der Waals surface area contributed by atoms with Crippen molar-refractivity contribution in [1.82, 2.24) is 5.32 Å². The minimum atomic E-state index is 0.142. The Kier molecular flexibility index (Phi) is 2.92. The first-order valence-corrected chi connectivity index (χ1v) is 5.39. The first-order chi connectivity index (χ1) is 7.69. The highest BCUT2D eigenvalue weighted by atomic mass is 16.5. The Labute approximate surface area is 95.2 Å². The van der Waals surface area contributed by atoms with Crippen LogP contribution in [-0.4, -0.2) is 25.9 Å². The molecule has 1 aliphatic heterocycles. The van der Waals surface area contributed by atoms with Crippen LogP contribution in [0.15, 0.2) is 6.07 Å². The molecule has 1 aromatic rings. The molecule has 1 aromatic carbocycles. The fourth-order valence-corrected chi connectivity index (χ4v) is 2.26. The molecular weight excluding hydrogens is 206 g/mol. The molecule has 4 nitrogen and oxygen atoms in total. The number of ether oxygens (including phenoxy) is 2. The van der Waals surface area contributed by atoms with Gasteiger partial charge in [0.15, 0.2) is 11.5 Å². The zero-order valence-electron chi connectivity index (χ0n) is 9.83. The van der Waals surface area contributed by atoms with Crippen molar-refractivity contribution >= 4 is 0 Å². The van der Waals surface area contributed by atoms with Gasteiger partial charge < -0.3 is 19.9 Å². The highest BCUT2D eigenvalue weighted by molar-refractivity contribution is 5.59. The summed E-state index contributed by atoms with van der Waals surface area (Å²) in [4.78, 5) is 0. The molecule has 0 saturated carbocycles. The number of phenols is 1. The molecule has 1 heterocycles. The second-order valence-corrected chi connectivity index (χ2v) is 3.96. The Morgan fingerprint density at radius 2 is 2.12 bits per heavy atom. The Bertz CT molecular complexity index is 404. The average Bonchev–Trinajstić information content (AvgIpc) is 2.28. The van der Waals surface area contributed by atoms with Gasteiger partial charge in [-0.25, -0.2) is 0 Å². The standard InChI is InChI=1S/C12H17NO3/c1-7-10-8(4-5-13-7)6-9(15-2)12(16-3)11(10)14/h6-7,13-14H,4-5H2,1-3H3/t7-/m1/s1. The largest absolute Gasteiger partial charge is 0.504 e. The Balaban J connectivity index is 2.61. The quantitative estimate of drug-likeness (QED) is 0.800. The van der Waals surface area contributed by atoms with Crippen LogP contribution in [0.1, 0.15) is 24.1 Å². The van der Waals surface area contributed by atoms with Gasteiger partial charge in [-0.2, -0.15) is 0 Å². The lowest BCUT2D eigenvalue weighted by Crippen LogP contribution is -2.28. The van der Waals surface area contributed by atoms with Gasteiger partial charge in [-0.05, 0) is 31.5 Å². The average molecular weight is 223 g/mol. The topological polar surface area (TPSA) is 50.7 Å². The van der Waals surface area contributed by atoms with E-state index < -0.39 is 0 Å². The first-order valence-electron chi connectivity index (χ1n) is 5.39. The summed E-state index contributed by atoms with van der Waals surface area (Å²) in [6.45, 7) is 2.95. The van der Waals surface area contributed by atoms with Crippen molar-refractivity contribution in [2.24, 2.45) is 0 Å². The number of methoxy groups -OCH3 is 2. The second kappa shape index (κ2) is 4.22. The summed E-state index contributed by atoms with van der Waals surface area (Å²) in [7, 11) is 3.11. The Morgan fingerprint density at radius 1 is 1.38 bits per heavy atom. The van der Waals surface area contributed by atoms with E-state index in [0.29, 0.717) is 11.5 Å². The zero-order chi connectivity index (χ0) is 11.7. The molecule has 0 saturated heterocycles. The minimum absolute atomic E-state index is 0.142. The number of nitrogens with one attached hydrogen (secondary N) is 1. The summed E-state index contributed by atoms with van der Waals surface area (Å²) in [6, 6.07) is 2.09. The van der Waals surface area contributed by atoms with Gasteiger partial charge in [0.25, 0.3) is 0 Å². The van der Waals surface area contributed by atoms with Crippen LogP contribution in [-0.2, 0) is 6.42 Å². The van der Waals surface area contributed by atoms with Crippen LogP contribution >= 0.6 is 0 Å². The molecule has 16 heavy (non-hydrogen) atoms. The molecule has 2 N–H and O–H groups in total. The van der Waals surface area contributed by atoms with Gasteiger partial charge in [0.1, 0.15) is 0 Å². The second-order valence-electron chi connectivity index (χ2n) is 3.96. The van der Waals surface area contributed by atoms with E-state index >= 15 is 0 Å². The first kappa shape index (κ1) is 11.1. The number of hydrogen-bond donors (Lipinski definition) is 2. The summed E-state index contributed by atoms with van der Waals surface area (Å²) < 4.78 is 10.4. The van der Waals surface area contributed by atoms with Crippen LogP contribution in [0.25, 0.3) is 0 Å². The Morgan fingerprint density at radius 3 is 2.75 bits per heavy atom. The molecule has 0 amide bonds. The normalized spacial score (nSPS) is 19.1. The SMILES string of the molecule is COc1cc2c(c(O)c1OC)[C@@H](C)NCC2. The maximum atomic E-state index is 10.2. The number of benzene rings is 1. The summed E-state index contributed by atoms with van der Waals surface area (Å²) in [5.41, 5.74) is 2.05. The molecule has 1 aliphatic rings. The summed E-state index contributed by atoms with van der Waals surface area (Å²) in [5.74, 6) is 1.20. The molecule has 0 aliphatic carbocycles. The lowest BCUT2D eigenvalue weighted by molar-refractivity contribution is 0.326. The fraction of sp³-hybridized carbons (Fsp3) is 0.500. The highest BCUT2D eigenvalue weighted by Gasteiger charge is 2.25. The van der Waals surface area contributed by atoms with Crippen LogP contribution in [0.4, 0.5) is 0 Å². The number of rotatable bonds is 2. The predicted molar refractivity (Wildman–Crippen MR) is 61.3 cm³/mol. The van der Waals surface area contributed by atoms with Crippen molar-refractivity contribution in [3.63, 3.8) is 0 Å².